The fourth-order valence-electron chi connectivity index (χ4n) is 3.12. The van der Waals surface area contributed by atoms with E-state index in [1.165, 1.54) is 103 Å². The minimum Gasteiger partial charge on any atom is -0.386 e. The second-order valence-electron chi connectivity index (χ2n) is 7.62. The molecule has 0 unspecified atom stereocenters. The van der Waals surface area contributed by atoms with Crippen molar-refractivity contribution in [3.8, 4) is 0 Å². The van der Waals surface area contributed by atoms with Gasteiger partial charge in [0.15, 0.2) is 0 Å². The first-order valence-electron chi connectivity index (χ1n) is 10.8. The second-order valence-corrected chi connectivity index (χ2v) is 7.62. The molecular weight excluding hydrogens is 292 g/mol. The minimum atomic E-state index is 0.899. The lowest BCUT2D eigenvalue weighted by molar-refractivity contribution is 0.500. The highest BCUT2D eigenvalue weighted by Gasteiger charge is 1.95. The molecule has 0 rings (SSSR count). The molecule has 0 atom stereocenters. The van der Waals surface area contributed by atoms with Crippen LogP contribution in [0, 0.1) is 0 Å². The van der Waals surface area contributed by atoms with E-state index in [0.29, 0.717) is 0 Å². The summed E-state index contributed by atoms with van der Waals surface area (Å²) in [5.74, 6) is 0.899. The van der Waals surface area contributed by atoms with E-state index in [0.717, 1.165) is 12.2 Å². The van der Waals surface area contributed by atoms with Gasteiger partial charge in [-0.1, -0.05) is 103 Å². The van der Waals surface area contributed by atoms with Crippen molar-refractivity contribution >= 4 is 0 Å². The molecule has 2 N–H and O–H groups in total. The van der Waals surface area contributed by atoms with E-state index in [1.54, 1.807) is 0 Å². The van der Waals surface area contributed by atoms with Crippen molar-refractivity contribution in [2.45, 2.75) is 116 Å². The zero-order chi connectivity index (χ0) is 17.9. The summed E-state index contributed by atoms with van der Waals surface area (Å²) in [5, 5.41) is 0. The van der Waals surface area contributed by atoms with E-state index in [4.69, 9.17) is 5.73 Å². The summed E-state index contributed by atoms with van der Waals surface area (Å²) >= 11 is 0. The molecule has 0 amide bonds. The fraction of sp³-hybridized carbons (Fsp3) is 0.909. The van der Waals surface area contributed by atoms with E-state index in [2.05, 4.69) is 13.0 Å². The molecule has 0 saturated carbocycles. The van der Waals surface area contributed by atoms with E-state index >= 15 is 0 Å². The topological polar surface area (TPSA) is 29.3 Å². The van der Waals surface area contributed by atoms with Gasteiger partial charge in [-0.25, -0.2) is 0 Å². The molecule has 24 heavy (non-hydrogen) atoms. The predicted molar refractivity (Wildman–Crippen MR) is 110 cm³/mol. The van der Waals surface area contributed by atoms with Crippen molar-refractivity contribution in [2.24, 2.45) is 5.73 Å². The van der Waals surface area contributed by atoms with Crippen LogP contribution in [-0.2, 0) is 0 Å². The summed E-state index contributed by atoms with van der Waals surface area (Å²) in [5.41, 5.74) is 5.87. The molecule has 2 nitrogen and oxygen atoms in total. The van der Waals surface area contributed by atoms with Crippen LogP contribution in [0.15, 0.2) is 11.9 Å². The maximum absolute atomic E-state index is 5.87. The molecule has 0 aliphatic carbocycles. The molecular formula is C22H46N2. The van der Waals surface area contributed by atoms with Crippen LogP contribution in [0.4, 0.5) is 0 Å². The number of nitrogens with zero attached hydrogens (tertiary/aromatic N) is 1. The van der Waals surface area contributed by atoms with Gasteiger partial charge in [0.1, 0.15) is 0 Å². The van der Waals surface area contributed by atoms with Gasteiger partial charge < -0.3 is 10.6 Å². The summed E-state index contributed by atoms with van der Waals surface area (Å²) in [4.78, 5) is 1.98. The Hall–Kier alpha value is -0.660. The van der Waals surface area contributed by atoms with Gasteiger partial charge >= 0.3 is 0 Å². The lowest BCUT2D eigenvalue weighted by Gasteiger charge is -2.11. The molecule has 0 fully saturated rings. The molecule has 0 saturated heterocycles. The summed E-state index contributed by atoms with van der Waals surface area (Å²) in [6.07, 6.45) is 26.1. The standard InChI is InChI=1S/C22H46N2/c1-4-5-6-7-8-9-10-11-12-13-14-15-16-17-18-19-20-21-22(23)24(2)3/h21H,4-20,23H2,1-3H3. The van der Waals surface area contributed by atoms with Gasteiger partial charge in [0, 0.05) is 14.1 Å². The zero-order valence-corrected chi connectivity index (χ0v) is 17.1. The second kappa shape index (κ2) is 18.7. The van der Waals surface area contributed by atoms with Gasteiger partial charge in [-0.05, 0) is 18.9 Å². The Balaban J connectivity index is 3.09. The van der Waals surface area contributed by atoms with Crippen molar-refractivity contribution in [3.63, 3.8) is 0 Å². The van der Waals surface area contributed by atoms with E-state index < -0.39 is 0 Å². The first kappa shape index (κ1) is 23.3. The average Bonchev–Trinajstić information content (AvgIpc) is 2.57. The Labute approximate surface area is 153 Å². The van der Waals surface area contributed by atoms with Crippen LogP contribution < -0.4 is 5.73 Å². The molecule has 2 heteroatoms. The number of hydrogen-bond donors (Lipinski definition) is 1. The highest BCUT2D eigenvalue weighted by atomic mass is 15.1. The molecule has 0 spiro atoms. The third-order valence-corrected chi connectivity index (χ3v) is 4.93. The largest absolute Gasteiger partial charge is 0.386 e. The quantitative estimate of drug-likeness (QED) is 0.273. The van der Waals surface area contributed by atoms with Crippen molar-refractivity contribution in [3.05, 3.63) is 11.9 Å². The van der Waals surface area contributed by atoms with Crippen molar-refractivity contribution < 1.29 is 0 Å². The van der Waals surface area contributed by atoms with Gasteiger partial charge in [-0.3, -0.25) is 0 Å². The van der Waals surface area contributed by atoms with Gasteiger partial charge in [0.05, 0.1) is 5.82 Å². The first-order chi connectivity index (χ1) is 11.7. The molecule has 0 aromatic heterocycles. The number of hydrogen-bond acceptors (Lipinski definition) is 2. The molecule has 0 aliphatic rings. The summed E-state index contributed by atoms with van der Waals surface area (Å²) in [6.45, 7) is 2.29. The van der Waals surface area contributed by atoms with Gasteiger partial charge in [-0.2, -0.15) is 0 Å². The summed E-state index contributed by atoms with van der Waals surface area (Å²) in [7, 11) is 4.00. The fourth-order valence-corrected chi connectivity index (χ4v) is 3.12. The lowest BCUT2D eigenvalue weighted by Crippen LogP contribution is -2.18. The Bertz CT molecular complexity index is 271. The van der Waals surface area contributed by atoms with E-state index in [-0.39, 0.29) is 0 Å². The highest BCUT2D eigenvalue weighted by Crippen LogP contribution is 2.14. The smallest absolute Gasteiger partial charge is 0.0939 e. The normalized spacial score (nSPS) is 11.9. The predicted octanol–water partition coefficient (Wildman–Crippen LogP) is 7.00. The van der Waals surface area contributed by atoms with Gasteiger partial charge in [-0.15, -0.1) is 0 Å². The zero-order valence-electron chi connectivity index (χ0n) is 17.1. The van der Waals surface area contributed by atoms with Crippen LogP contribution in [0.3, 0.4) is 0 Å². The number of nitrogens with two attached hydrogens (primary N) is 1. The molecule has 0 heterocycles. The molecule has 0 radical (unpaired) electrons. The Morgan fingerprint density at radius 1 is 0.625 bits per heavy atom. The Morgan fingerprint density at radius 2 is 0.958 bits per heavy atom. The molecule has 0 aromatic rings. The van der Waals surface area contributed by atoms with Crippen LogP contribution in [0.25, 0.3) is 0 Å². The van der Waals surface area contributed by atoms with Gasteiger partial charge in [0.2, 0.25) is 0 Å². The van der Waals surface area contributed by atoms with Crippen LogP contribution in [0.2, 0.25) is 0 Å². The lowest BCUT2D eigenvalue weighted by atomic mass is 10.0. The molecule has 0 aromatic carbocycles. The van der Waals surface area contributed by atoms with Gasteiger partial charge in [0.25, 0.3) is 0 Å². The third kappa shape index (κ3) is 17.7. The summed E-state index contributed by atoms with van der Waals surface area (Å²) < 4.78 is 0. The molecule has 0 aliphatic heterocycles. The SMILES string of the molecule is CCCCCCCCCCCCCCCCCCC=C(N)N(C)C. The van der Waals surface area contributed by atoms with Crippen molar-refractivity contribution in [2.75, 3.05) is 14.1 Å². The molecule has 144 valence electrons. The maximum Gasteiger partial charge on any atom is 0.0939 e. The minimum absolute atomic E-state index is 0.899. The monoisotopic (exact) mass is 338 g/mol. The van der Waals surface area contributed by atoms with E-state index in [1.807, 2.05) is 19.0 Å². The highest BCUT2D eigenvalue weighted by molar-refractivity contribution is 4.93. The first-order valence-corrected chi connectivity index (χ1v) is 10.8. The van der Waals surface area contributed by atoms with E-state index in [9.17, 15) is 0 Å². The Kier molecular flexibility index (Phi) is 18.2. The molecule has 0 bridgehead atoms. The maximum atomic E-state index is 5.87. The van der Waals surface area contributed by atoms with Crippen LogP contribution >= 0.6 is 0 Å². The van der Waals surface area contributed by atoms with Crippen LogP contribution in [-0.4, -0.2) is 19.0 Å². The van der Waals surface area contributed by atoms with Crippen molar-refractivity contribution in [1.82, 2.24) is 4.90 Å². The average molecular weight is 339 g/mol. The third-order valence-electron chi connectivity index (χ3n) is 4.93. The number of unbranched alkanes of at least 4 members (excludes halogenated alkanes) is 16. The Morgan fingerprint density at radius 3 is 1.29 bits per heavy atom. The number of allylic oxidation sites excluding steroid dienone is 1. The number of rotatable bonds is 18. The van der Waals surface area contributed by atoms with Crippen LogP contribution in [0.5, 0.6) is 0 Å². The van der Waals surface area contributed by atoms with Crippen molar-refractivity contribution in [1.29, 1.82) is 0 Å². The summed E-state index contributed by atoms with van der Waals surface area (Å²) in [6, 6.07) is 0. The van der Waals surface area contributed by atoms with Crippen LogP contribution in [0.1, 0.15) is 116 Å².